The first-order valence-corrected chi connectivity index (χ1v) is 1.31. The molecule has 0 saturated heterocycles. The van der Waals surface area contributed by atoms with Gasteiger partial charge < -0.3 is 5.73 Å². The Morgan fingerprint density at radius 3 is 2.20 bits per heavy atom. The van der Waals surface area contributed by atoms with Gasteiger partial charge in [-0.1, -0.05) is 0 Å². The van der Waals surface area contributed by atoms with Gasteiger partial charge in [-0.05, 0) is 6.92 Å². The van der Waals surface area contributed by atoms with Crippen molar-refractivity contribution in [3.63, 3.8) is 0 Å². The van der Waals surface area contributed by atoms with Crippen LogP contribution >= 0.6 is 0 Å². The van der Waals surface area contributed by atoms with Crippen LogP contribution in [0, 0.1) is 0 Å². The predicted molar refractivity (Wildman–Crippen MR) is 19.1 cm³/mol. The second-order valence-electron chi connectivity index (χ2n) is 0.753. The van der Waals surface area contributed by atoms with Crippen LogP contribution in [0.25, 0.3) is 0 Å². The first kappa shape index (κ1) is 4.47. The zero-order valence-electron chi connectivity index (χ0n) is 3.03. The standard InChI is InChI=1S/C3H6FN/c1-3(4)2-5/h2H,5H2,1H3. The number of halogens is 1. The normalized spacial score (nSPS) is 12.0. The molecular formula is C3H6FN. The SMILES string of the molecule is CC(F)=CN. The smallest absolute Gasteiger partial charge is 0.112 e. The van der Waals surface area contributed by atoms with Crippen molar-refractivity contribution in [2.45, 2.75) is 6.92 Å². The highest BCUT2D eigenvalue weighted by atomic mass is 19.1. The van der Waals surface area contributed by atoms with Crippen molar-refractivity contribution in [1.29, 1.82) is 0 Å². The molecule has 0 heterocycles. The minimum Gasteiger partial charge on any atom is -0.403 e. The summed E-state index contributed by atoms with van der Waals surface area (Å²) >= 11 is 0. The van der Waals surface area contributed by atoms with E-state index in [0.29, 0.717) is 0 Å². The lowest BCUT2D eigenvalue weighted by molar-refractivity contribution is 0.637. The Bertz CT molecular complexity index is 44.9. The maximum absolute atomic E-state index is 11.2. The highest BCUT2D eigenvalue weighted by molar-refractivity contribution is 4.79. The van der Waals surface area contributed by atoms with Gasteiger partial charge in [0.25, 0.3) is 0 Å². The first-order valence-electron chi connectivity index (χ1n) is 1.31. The number of allylic oxidation sites excluding steroid dienone is 1. The largest absolute Gasteiger partial charge is 0.403 e. The van der Waals surface area contributed by atoms with E-state index in [1.807, 2.05) is 0 Å². The third-order valence-corrected chi connectivity index (χ3v) is 0.230. The number of rotatable bonds is 0. The Morgan fingerprint density at radius 2 is 2.20 bits per heavy atom. The molecule has 0 aromatic carbocycles. The van der Waals surface area contributed by atoms with Crippen LogP contribution in [-0.4, -0.2) is 0 Å². The van der Waals surface area contributed by atoms with Crippen molar-refractivity contribution in [3.8, 4) is 0 Å². The van der Waals surface area contributed by atoms with Crippen LogP contribution < -0.4 is 5.73 Å². The van der Waals surface area contributed by atoms with E-state index in [1.54, 1.807) is 0 Å². The summed E-state index contributed by atoms with van der Waals surface area (Å²) in [6.45, 7) is 1.29. The van der Waals surface area contributed by atoms with Gasteiger partial charge in [0, 0.05) is 6.20 Å². The molecular weight excluding hydrogens is 69.0 g/mol. The van der Waals surface area contributed by atoms with Gasteiger partial charge in [0.2, 0.25) is 0 Å². The van der Waals surface area contributed by atoms with Crippen LogP contribution in [0.4, 0.5) is 4.39 Å². The quantitative estimate of drug-likeness (QED) is 0.452. The van der Waals surface area contributed by atoms with Crippen LogP contribution in [0.5, 0.6) is 0 Å². The fraction of sp³-hybridized carbons (Fsp3) is 0.333. The maximum Gasteiger partial charge on any atom is 0.112 e. The topological polar surface area (TPSA) is 26.0 Å². The van der Waals surface area contributed by atoms with Crippen LogP contribution in [0.1, 0.15) is 6.92 Å². The Labute approximate surface area is 30.3 Å². The zero-order chi connectivity index (χ0) is 4.28. The minimum atomic E-state index is -0.343. The summed E-state index contributed by atoms with van der Waals surface area (Å²) in [5.74, 6) is -0.343. The molecule has 30 valence electrons. The summed E-state index contributed by atoms with van der Waals surface area (Å²) < 4.78 is 11.2. The number of hydrogen-bond acceptors (Lipinski definition) is 1. The van der Waals surface area contributed by atoms with E-state index in [4.69, 9.17) is 0 Å². The highest BCUT2D eigenvalue weighted by Crippen LogP contribution is 1.83. The van der Waals surface area contributed by atoms with Crippen LogP contribution in [0.2, 0.25) is 0 Å². The molecule has 0 spiro atoms. The Kier molecular flexibility index (Phi) is 1.57. The third-order valence-electron chi connectivity index (χ3n) is 0.230. The van der Waals surface area contributed by atoms with Crippen molar-refractivity contribution in [2.24, 2.45) is 5.73 Å². The summed E-state index contributed by atoms with van der Waals surface area (Å²) in [6, 6.07) is 0. The molecule has 0 amide bonds. The Balaban J connectivity index is 3.14. The van der Waals surface area contributed by atoms with Gasteiger partial charge in [-0.3, -0.25) is 0 Å². The Hall–Kier alpha value is -0.530. The fourth-order valence-corrected chi connectivity index (χ4v) is 0. The number of nitrogens with two attached hydrogens (primary N) is 1. The molecule has 5 heavy (non-hydrogen) atoms. The van der Waals surface area contributed by atoms with E-state index < -0.39 is 0 Å². The van der Waals surface area contributed by atoms with Gasteiger partial charge in [-0.25, -0.2) is 4.39 Å². The molecule has 0 unspecified atom stereocenters. The zero-order valence-corrected chi connectivity index (χ0v) is 3.03. The summed E-state index contributed by atoms with van der Waals surface area (Å²) in [5, 5.41) is 0. The van der Waals surface area contributed by atoms with Crippen LogP contribution in [0.15, 0.2) is 12.0 Å². The Morgan fingerprint density at radius 1 is 2.00 bits per heavy atom. The molecule has 0 rings (SSSR count). The van der Waals surface area contributed by atoms with Gasteiger partial charge in [0.15, 0.2) is 0 Å². The first-order chi connectivity index (χ1) is 2.27. The molecule has 1 nitrogen and oxygen atoms in total. The van der Waals surface area contributed by atoms with E-state index >= 15 is 0 Å². The lowest BCUT2D eigenvalue weighted by atomic mass is 10.7. The van der Waals surface area contributed by atoms with Crippen molar-refractivity contribution >= 4 is 0 Å². The van der Waals surface area contributed by atoms with Crippen molar-refractivity contribution in [1.82, 2.24) is 0 Å². The molecule has 0 saturated carbocycles. The van der Waals surface area contributed by atoms with Crippen LogP contribution in [-0.2, 0) is 0 Å². The highest BCUT2D eigenvalue weighted by Gasteiger charge is 1.67. The van der Waals surface area contributed by atoms with E-state index in [-0.39, 0.29) is 5.83 Å². The fourth-order valence-electron chi connectivity index (χ4n) is 0. The molecule has 0 bridgehead atoms. The molecule has 2 heteroatoms. The molecule has 0 aromatic rings. The molecule has 0 radical (unpaired) electrons. The van der Waals surface area contributed by atoms with Gasteiger partial charge >= 0.3 is 0 Å². The van der Waals surface area contributed by atoms with Crippen LogP contribution in [0.3, 0.4) is 0 Å². The molecule has 0 aliphatic rings. The van der Waals surface area contributed by atoms with Crippen molar-refractivity contribution < 1.29 is 4.39 Å². The second-order valence-corrected chi connectivity index (χ2v) is 0.753. The lowest BCUT2D eigenvalue weighted by Gasteiger charge is -1.69. The average molecular weight is 75.1 g/mol. The third kappa shape index (κ3) is 3.47. The van der Waals surface area contributed by atoms with E-state index in [9.17, 15) is 4.39 Å². The molecule has 2 N–H and O–H groups in total. The predicted octanol–water partition coefficient (Wildman–Crippen LogP) is 0.776. The summed E-state index contributed by atoms with van der Waals surface area (Å²) in [5.41, 5.74) is 4.63. The molecule has 0 fully saturated rings. The summed E-state index contributed by atoms with van der Waals surface area (Å²) in [4.78, 5) is 0. The van der Waals surface area contributed by atoms with E-state index in [1.165, 1.54) is 6.92 Å². The van der Waals surface area contributed by atoms with Gasteiger partial charge in [0.05, 0.1) is 0 Å². The molecule has 0 aliphatic heterocycles. The van der Waals surface area contributed by atoms with Gasteiger partial charge in [-0.15, -0.1) is 0 Å². The second kappa shape index (κ2) is 1.76. The van der Waals surface area contributed by atoms with Crippen molar-refractivity contribution in [3.05, 3.63) is 12.0 Å². The van der Waals surface area contributed by atoms with Gasteiger partial charge in [0.1, 0.15) is 5.83 Å². The lowest BCUT2D eigenvalue weighted by Crippen LogP contribution is -1.75. The monoisotopic (exact) mass is 75.0 g/mol. The minimum absolute atomic E-state index is 0.343. The maximum atomic E-state index is 11.2. The van der Waals surface area contributed by atoms with E-state index in [2.05, 4.69) is 5.73 Å². The van der Waals surface area contributed by atoms with Crippen molar-refractivity contribution in [2.75, 3.05) is 0 Å². The molecule has 0 aromatic heterocycles. The molecule has 0 atom stereocenters. The summed E-state index contributed by atoms with van der Waals surface area (Å²) in [7, 11) is 0. The van der Waals surface area contributed by atoms with Gasteiger partial charge in [-0.2, -0.15) is 0 Å². The molecule has 0 aliphatic carbocycles. The average Bonchev–Trinajstić information content (AvgIpc) is 1.38. The van der Waals surface area contributed by atoms with E-state index in [0.717, 1.165) is 6.20 Å². The summed E-state index contributed by atoms with van der Waals surface area (Å²) in [6.07, 6.45) is 0.917. The number of hydrogen-bond donors (Lipinski definition) is 1.